The summed E-state index contributed by atoms with van der Waals surface area (Å²) in [6, 6.07) is 20.9. The van der Waals surface area contributed by atoms with E-state index in [9.17, 15) is 24.0 Å². The van der Waals surface area contributed by atoms with Gasteiger partial charge < -0.3 is 26.2 Å². The summed E-state index contributed by atoms with van der Waals surface area (Å²) in [4.78, 5) is 69.0. The Balaban J connectivity index is 1.26. The number of benzene rings is 3. The molecule has 0 bridgehead atoms. The summed E-state index contributed by atoms with van der Waals surface area (Å²) in [6.45, 7) is 0.230. The van der Waals surface area contributed by atoms with Gasteiger partial charge in [0, 0.05) is 25.1 Å². The van der Waals surface area contributed by atoms with E-state index >= 15 is 0 Å². The van der Waals surface area contributed by atoms with Crippen molar-refractivity contribution in [3.63, 3.8) is 0 Å². The second-order valence-corrected chi connectivity index (χ2v) is 10.9. The van der Waals surface area contributed by atoms with Crippen LogP contribution in [0.5, 0.6) is 11.5 Å². The van der Waals surface area contributed by atoms with E-state index in [1.54, 1.807) is 48.5 Å². The number of rotatable bonds is 10. The van der Waals surface area contributed by atoms with Crippen LogP contribution in [-0.4, -0.2) is 75.2 Å². The maximum atomic E-state index is 13.8. The number of urea groups is 1. The second-order valence-electron chi connectivity index (χ2n) is 10.9. The van der Waals surface area contributed by atoms with Crippen molar-refractivity contribution in [2.24, 2.45) is 0 Å². The lowest BCUT2D eigenvalue weighted by Crippen LogP contribution is -2.64. The van der Waals surface area contributed by atoms with Crippen LogP contribution in [0.1, 0.15) is 31.2 Å². The van der Waals surface area contributed by atoms with Crippen molar-refractivity contribution in [2.45, 2.75) is 50.2 Å². The van der Waals surface area contributed by atoms with Gasteiger partial charge in [-0.15, -0.1) is 0 Å². The Bertz CT molecular complexity index is 1630. The van der Waals surface area contributed by atoms with Crippen LogP contribution in [0, 0.1) is 0 Å². The van der Waals surface area contributed by atoms with E-state index in [0.717, 1.165) is 10.6 Å². The number of para-hydroxylation sites is 1. The number of carbonyl (C=O) groups is 5. The number of anilines is 1. The first-order chi connectivity index (χ1) is 22.3. The summed E-state index contributed by atoms with van der Waals surface area (Å²) in [5.74, 6) is -1.01. The number of nitrogens with one attached hydrogen (secondary N) is 3. The molecule has 3 aromatic rings. The molecular formula is C33H33N7O6. The van der Waals surface area contributed by atoms with Crippen molar-refractivity contribution in [2.75, 3.05) is 11.9 Å². The Kier molecular flexibility index (Phi) is 10.2. The summed E-state index contributed by atoms with van der Waals surface area (Å²) in [5.41, 5.74) is 10.1. The van der Waals surface area contributed by atoms with Crippen molar-refractivity contribution in [1.82, 2.24) is 20.7 Å². The lowest BCUT2D eigenvalue weighted by molar-refractivity contribution is -0.176. The van der Waals surface area contributed by atoms with E-state index in [1.807, 2.05) is 36.4 Å². The molecular weight excluding hydrogens is 590 g/mol. The van der Waals surface area contributed by atoms with Crippen LogP contribution in [0.25, 0.3) is 5.53 Å². The highest BCUT2D eigenvalue weighted by Gasteiger charge is 2.45. The number of ether oxygens (including phenoxy) is 1. The van der Waals surface area contributed by atoms with E-state index in [-0.39, 0.29) is 38.1 Å². The first kappa shape index (κ1) is 31.6. The van der Waals surface area contributed by atoms with Gasteiger partial charge in [-0.2, -0.15) is 4.79 Å². The summed E-state index contributed by atoms with van der Waals surface area (Å²) in [5, 5.41) is 10.4. The standard InChI is InChI=1S/C33H33N7O6/c34-35-21-29(41)27(20-22-8-3-1-4-9-22)37-31(43)28-12-7-19-39-30(42)18-17-26(32(44)40(28)39)38-33(45)36-23-13-15-25(16-14-23)46-24-10-5-2-6-11-24/h1-6,8-11,13-16,21,26-28H,7,12,17-20H2,(H,37,43)(H2,36,38,45)/t26-,27-,28-/m0/s1. The van der Waals surface area contributed by atoms with Gasteiger partial charge in [-0.3, -0.25) is 24.2 Å². The molecule has 236 valence electrons. The molecule has 2 saturated heterocycles. The summed E-state index contributed by atoms with van der Waals surface area (Å²) >= 11 is 0. The number of hydrogen-bond acceptors (Lipinski definition) is 6. The zero-order valence-corrected chi connectivity index (χ0v) is 24.9. The number of ketones is 1. The van der Waals surface area contributed by atoms with Gasteiger partial charge in [-0.05, 0) is 61.2 Å². The van der Waals surface area contributed by atoms with Gasteiger partial charge in [-0.1, -0.05) is 48.5 Å². The highest BCUT2D eigenvalue weighted by molar-refractivity contribution is 6.28. The van der Waals surface area contributed by atoms with E-state index < -0.39 is 41.8 Å². The molecule has 2 fully saturated rings. The number of carbonyl (C=O) groups excluding carboxylic acids is 5. The average molecular weight is 624 g/mol. The first-order valence-electron chi connectivity index (χ1n) is 14.9. The molecule has 0 spiro atoms. The lowest BCUT2D eigenvalue weighted by Gasteiger charge is -2.43. The fourth-order valence-electron chi connectivity index (χ4n) is 5.45. The first-order valence-corrected chi connectivity index (χ1v) is 14.9. The SMILES string of the molecule is [N-]=[N+]=CC(=O)[C@H](Cc1ccccc1)NC(=O)[C@@H]1CCCN2C(=O)CC[C@H](NC(=O)Nc3ccc(Oc4ccccc4)cc3)C(=O)N12. The van der Waals surface area contributed by atoms with Crippen LogP contribution >= 0.6 is 0 Å². The molecule has 3 aromatic carbocycles. The number of amides is 5. The molecule has 0 radical (unpaired) electrons. The molecule has 3 N–H and O–H groups in total. The molecule has 13 heteroatoms. The van der Waals surface area contributed by atoms with Crippen molar-refractivity contribution in [3.05, 3.63) is 96.0 Å². The van der Waals surface area contributed by atoms with Gasteiger partial charge in [0.05, 0.1) is 0 Å². The highest BCUT2D eigenvalue weighted by Crippen LogP contribution is 2.26. The van der Waals surface area contributed by atoms with Gasteiger partial charge >= 0.3 is 12.2 Å². The summed E-state index contributed by atoms with van der Waals surface area (Å²) < 4.78 is 5.77. The van der Waals surface area contributed by atoms with E-state index in [2.05, 4.69) is 20.7 Å². The molecule has 2 heterocycles. The number of fused-ring (bicyclic) bond motifs is 1. The number of Topliss-reactive ketones (excluding diaryl/α,β-unsaturated/α-hetero) is 1. The average Bonchev–Trinajstić information content (AvgIpc) is 3.18. The molecule has 0 aliphatic carbocycles. The lowest BCUT2D eigenvalue weighted by atomic mass is 10.0. The summed E-state index contributed by atoms with van der Waals surface area (Å²) in [6.07, 6.45) is 1.53. The zero-order valence-electron chi connectivity index (χ0n) is 24.9. The third kappa shape index (κ3) is 7.82. The molecule has 0 aromatic heterocycles. The molecule has 2 aliphatic rings. The third-order valence-electron chi connectivity index (χ3n) is 7.69. The second kappa shape index (κ2) is 14.8. The third-order valence-corrected chi connectivity index (χ3v) is 7.69. The Morgan fingerprint density at radius 1 is 0.935 bits per heavy atom. The predicted octanol–water partition coefficient (Wildman–Crippen LogP) is 3.09. The van der Waals surface area contributed by atoms with Crippen molar-refractivity contribution in [1.29, 1.82) is 0 Å². The summed E-state index contributed by atoms with van der Waals surface area (Å²) in [7, 11) is 0. The van der Waals surface area contributed by atoms with Crippen LogP contribution in [-0.2, 0) is 25.6 Å². The van der Waals surface area contributed by atoms with Gasteiger partial charge in [-0.25, -0.2) is 9.80 Å². The Morgan fingerprint density at radius 3 is 2.30 bits per heavy atom. The Labute approximate surface area is 265 Å². The van der Waals surface area contributed by atoms with Gasteiger partial charge in [0.2, 0.25) is 11.8 Å². The molecule has 46 heavy (non-hydrogen) atoms. The molecule has 3 atom stereocenters. The molecule has 0 saturated carbocycles. The number of hydrazine groups is 1. The minimum absolute atomic E-state index is 0.0187. The van der Waals surface area contributed by atoms with Gasteiger partial charge in [0.1, 0.15) is 29.6 Å². The molecule has 5 amide bonds. The molecule has 0 unspecified atom stereocenters. The largest absolute Gasteiger partial charge is 0.457 e. The van der Waals surface area contributed by atoms with Crippen molar-refractivity contribution >= 4 is 41.4 Å². The van der Waals surface area contributed by atoms with Crippen molar-refractivity contribution in [3.8, 4) is 11.5 Å². The molecule has 5 rings (SSSR count). The van der Waals surface area contributed by atoms with E-state index in [0.29, 0.717) is 29.8 Å². The maximum absolute atomic E-state index is 13.8. The van der Waals surface area contributed by atoms with Crippen LogP contribution in [0.3, 0.4) is 0 Å². The monoisotopic (exact) mass is 623 g/mol. The maximum Gasteiger partial charge on any atom is 0.325 e. The van der Waals surface area contributed by atoms with Gasteiger partial charge in [0.25, 0.3) is 11.7 Å². The minimum atomic E-state index is -1.11. The van der Waals surface area contributed by atoms with Crippen LogP contribution in [0.2, 0.25) is 0 Å². The quantitative estimate of drug-likeness (QED) is 0.178. The fourth-order valence-corrected chi connectivity index (χ4v) is 5.45. The topological polar surface area (TPSA) is 174 Å². The van der Waals surface area contributed by atoms with Gasteiger partial charge in [0.15, 0.2) is 0 Å². The highest BCUT2D eigenvalue weighted by atomic mass is 16.5. The smallest absolute Gasteiger partial charge is 0.325 e. The van der Waals surface area contributed by atoms with Crippen LogP contribution < -0.4 is 20.7 Å². The minimum Gasteiger partial charge on any atom is -0.457 e. The fraction of sp³-hybridized carbons (Fsp3) is 0.273. The Morgan fingerprint density at radius 2 is 1.61 bits per heavy atom. The van der Waals surface area contributed by atoms with E-state index in [4.69, 9.17) is 10.3 Å². The number of nitrogens with zero attached hydrogens (tertiary/aromatic N) is 4. The zero-order chi connectivity index (χ0) is 32.5. The number of hydrogen-bond donors (Lipinski definition) is 3. The van der Waals surface area contributed by atoms with E-state index in [1.165, 1.54) is 5.01 Å². The molecule has 13 nitrogen and oxygen atoms in total. The van der Waals surface area contributed by atoms with Crippen molar-refractivity contribution < 1.29 is 33.5 Å². The molecule has 2 aliphatic heterocycles. The predicted molar refractivity (Wildman–Crippen MR) is 166 cm³/mol. The Hall–Kier alpha value is -5.81. The van der Waals surface area contributed by atoms with Crippen LogP contribution in [0.4, 0.5) is 10.5 Å². The van der Waals surface area contributed by atoms with Crippen LogP contribution in [0.15, 0.2) is 84.9 Å². The normalized spacial score (nSPS) is 18.3.